The Balaban J connectivity index is 2.98. The van der Waals surface area contributed by atoms with Crippen LogP contribution in [0.25, 0.3) is 0 Å². The van der Waals surface area contributed by atoms with Crippen molar-refractivity contribution in [2.75, 3.05) is 6.61 Å². The van der Waals surface area contributed by atoms with E-state index in [-0.39, 0.29) is 15.3 Å². The van der Waals surface area contributed by atoms with Gasteiger partial charge in [-0.3, -0.25) is 0 Å². The third-order valence-corrected chi connectivity index (χ3v) is 2.14. The Morgan fingerprint density at radius 3 is 2.77 bits per heavy atom. The van der Waals surface area contributed by atoms with E-state index < -0.39 is 0 Å². The molecular weight excluding hydrogens is 232 g/mol. The lowest BCUT2D eigenvalue weighted by atomic mass is 10.4. The fraction of sp³-hybridized carbons (Fsp3) is 0.125. The van der Waals surface area contributed by atoms with Gasteiger partial charge in [0.05, 0.1) is 0 Å². The van der Waals surface area contributed by atoms with Crippen LogP contribution in [-0.4, -0.2) is 11.6 Å². The molecule has 0 saturated carbocycles. The molecule has 1 aromatic heterocycles. The van der Waals surface area contributed by atoms with Gasteiger partial charge < -0.3 is 4.74 Å². The van der Waals surface area contributed by atoms with E-state index in [1.165, 1.54) is 6.07 Å². The molecule has 0 spiro atoms. The maximum Gasteiger partial charge on any atom is 0.153 e. The van der Waals surface area contributed by atoms with Crippen molar-refractivity contribution in [3.63, 3.8) is 0 Å². The molecule has 0 radical (unpaired) electrons. The lowest BCUT2D eigenvalue weighted by molar-refractivity contribution is 0.363. The van der Waals surface area contributed by atoms with Crippen molar-refractivity contribution in [3.8, 4) is 5.75 Å². The Kier molecular flexibility index (Phi) is 3.85. The average molecular weight is 239 g/mol. The van der Waals surface area contributed by atoms with Gasteiger partial charge in [-0.2, -0.15) is 0 Å². The van der Waals surface area contributed by atoms with E-state index in [2.05, 4.69) is 11.6 Å². The van der Waals surface area contributed by atoms with Crippen LogP contribution in [0.3, 0.4) is 0 Å². The maximum atomic E-state index is 5.79. The zero-order chi connectivity index (χ0) is 9.84. The number of halogens is 3. The molecular formula is C8H6Cl3NO. The van der Waals surface area contributed by atoms with E-state index in [0.717, 1.165) is 0 Å². The Morgan fingerprint density at radius 1 is 1.46 bits per heavy atom. The highest BCUT2D eigenvalue weighted by atomic mass is 35.5. The highest BCUT2D eigenvalue weighted by molar-refractivity contribution is 6.42. The monoisotopic (exact) mass is 237 g/mol. The molecule has 5 heteroatoms. The van der Waals surface area contributed by atoms with Crippen LogP contribution in [0.5, 0.6) is 5.75 Å². The van der Waals surface area contributed by atoms with Crippen LogP contribution >= 0.6 is 34.8 Å². The summed E-state index contributed by atoms with van der Waals surface area (Å²) >= 11 is 17.1. The van der Waals surface area contributed by atoms with Gasteiger partial charge in [0.25, 0.3) is 0 Å². The first-order chi connectivity index (χ1) is 6.15. The number of rotatable bonds is 3. The number of aromatic nitrogens is 1. The SMILES string of the molecule is C=CCOc1cc(Cl)nc(Cl)c1Cl. The van der Waals surface area contributed by atoms with Gasteiger partial charge in [0.15, 0.2) is 5.15 Å². The van der Waals surface area contributed by atoms with Crippen LogP contribution in [0.2, 0.25) is 15.3 Å². The van der Waals surface area contributed by atoms with Gasteiger partial charge in [-0.1, -0.05) is 47.5 Å². The smallest absolute Gasteiger partial charge is 0.153 e. The second-order valence-corrected chi connectivity index (χ2v) is 3.27. The van der Waals surface area contributed by atoms with Crippen LogP contribution in [0.1, 0.15) is 0 Å². The molecule has 0 fully saturated rings. The van der Waals surface area contributed by atoms with Gasteiger partial charge in [-0.25, -0.2) is 4.98 Å². The third kappa shape index (κ3) is 2.76. The molecule has 0 aliphatic heterocycles. The number of ether oxygens (including phenoxy) is 1. The van der Waals surface area contributed by atoms with Crippen molar-refractivity contribution in [2.45, 2.75) is 0 Å². The van der Waals surface area contributed by atoms with Crippen LogP contribution < -0.4 is 4.74 Å². The highest BCUT2D eigenvalue weighted by Gasteiger charge is 2.08. The molecule has 13 heavy (non-hydrogen) atoms. The Bertz CT molecular complexity index is 327. The summed E-state index contributed by atoms with van der Waals surface area (Å²) in [6.07, 6.45) is 1.60. The largest absolute Gasteiger partial charge is 0.488 e. The van der Waals surface area contributed by atoms with Gasteiger partial charge >= 0.3 is 0 Å². The van der Waals surface area contributed by atoms with Crippen molar-refractivity contribution in [3.05, 3.63) is 34.1 Å². The van der Waals surface area contributed by atoms with Crippen LogP contribution in [0.4, 0.5) is 0 Å². The summed E-state index contributed by atoms with van der Waals surface area (Å²) in [5.74, 6) is 0.409. The summed E-state index contributed by atoms with van der Waals surface area (Å²) in [5, 5.41) is 0.634. The lowest BCUT2D eigenvalue weighted by Gasteiger charge is -2.06. The highest BCUT2D eigenvalue weighted by Crippen LogP contribution is 2.32. The molecule has 0 atom stereocenters. The second kappa shape index (κ2) is 4.70. The van der Waals surface area contributed by atoms with Gasteiger partial charge in [-0.05, 0) is 0 Å². The molecule has 0 aliphatic carbocycles. The minimum Gasteiger partial charge on any atom is -0.488 e. The summed E-state index contributed by atoms with van der Waals surface area (Å²) in [6.45, 7) is 3.84. The minimum absolute atomic E-state index is 0.133. The molecule has 1 rings (SSSR count). The number of nitrogens with zero attached hydrogens (tertiary/aromatic N) is 1. The zero-order valence-electron chi connectivity index (χ0n) is 6.56. The first kappa shape index (κ1) is 10.6. The van der Waals surface area contributed by atoms with Gasteiger partial charge in [0, 0.05) is 6.07 Å². The number of hydrogen-bond donors (Lipinski definition) is 0. The first-order valence-electron chi connectivity index (χ1n) is 3.40. The number of hydrogen-bond acceptors (Lipinski definition) is 2. The lowest BCUT2D eigenvalue weighted by Crippen LogP contribution is -1.94. The van der Waals surface area contributed by atoms with Gasteiger partial charge in [0.2, 0.25) is 0 Å². The molecule has 0 bridgehead atoms. The predicted molar refractivity (Wildman–Crippen MR) is 55.0 cm³/mol. The maximum absolute atomic E-state index is 5.79. The fourth-order valence-corrected chi connectivity index (χ4v) is 1.26. The molecule has 0 N–H and O–H groups in total. The van der Waals surface area contributed by atoms with E-state index in [4.69, 9.17) is 39.5 Å². The van der Waals surface area contributed by atoms with Crippen LogP contribution in [0, 0.1) is 0 Å². The van der Waals surface area contributed by atoms with Crippen LogP contribution in [0.15, 0.2) is 18.7 Å². The molecule has 70 valence electrons. The van der Waals surface area contributed by atoms with E-state index in [0.29, 0.717) is 12.4 Å². The van der Waals surface area contributed by atoms with Crippen LogP contribution in [-0.2, 0) is 0 Å². The van der Waals surface area contributed by atoms with E-state index >= 15 is 0 Å². The van der Waals surface area contributed by atoms with Crippen molar-refractivity contribution >= 4 is 34.8 Å². The molecule has 0 aromatic carbocycles. The average Bonchev–Trinajstić information content (AvgIpc) is 2.09. The van der Waals surface area contributed by atoms with Crippen molar-refractivity contribution in [2.24, 2.45) is 0 Å². The summed E-state index contributed by atoms with van der Waals surface area (Å²) in [7, 11) is 0. The molecule has 0 unspecified atom stereocenters. The summed E-state index contributed by atoms with van der Waals surface area (Å²) in [5.41, 5.74) is 0. The standard InChI is InChI=1S/C8H6Cl3NO/c1-2-3-13-5-4-6(9)12-8(11)7(5)10/h2,4H,1,3H2. The second-order valence-electron chi connectivity index (χ2n) is 2.15. The Morgan fingerprint density at radius 2 is 2.15 bits per heavy atom. The summed E-state index contributed by atoms with van der Waals surface area (Å²) in [4.78, 5) is 3.73. The van der Waals surface area contributed by atoms with Gasteiger partial charge in [0.1, 0.15) is 22.5 Å². The molecule has 1 heterocycles. The molecule has 2 nitrogen and oxygen atoms in total. The number of pyridine rings is 1. The van der Waals surface area contributed by atoms with E-state index in [1.807, 2.05) is 0 Å². The minimum atomic E-state index is 0.133. The van der Waals surface area contributed by atoms with Crippen molar-refractivity contribution in [1.82, 2.24) is 4.98 Å². The Labute approximate surface area is 91.1 Å². The van der Waals surface area contributed by atoms with Crippen molar-refractivity contribution in [1.29, 1.82) is 0 Å². The Hall–Kier alpha value is -0.440. The van der Waals surface area contributed by atoms with Gasteiger partial charge in [-0.15, -0.1) is 0 Å². The molecule has 0 aliphatic rings. The quantitative estimate of drug-likeness (QED) is 0.593. The predicted octanol–water partition coefficient (Wildman–Crippen LogP) is 3.61. The molecule has 0 amide bonds. The topological polar surface area (TPSA) is 22.1 Å². The fourth-order valence-electron chi connectivity index (χ4n) is 0.702. The van der Waals surface area contributed by atoms with Crippen molar-refractivity contribution < 1.29 is 4.74 Å². The summed E-state index contributed by atoms with van der Waals surface area (Å²) in [6, 6.07) is 1.50. The van der Waals surface area contributed by atoms with E-state index in [1.54, 1.807) is 6.08 Å². The van der Waals surface area contributed by atoms with E-state index in [9.17, 15) is 0 Å². The summed E-state index contributed by atoms with van der Waals surface area (Å²) < 4.78 is 5.19. The third-order valence-electron chi connectivity index (χ3n) is 1.21. The normalized spacial score (nSPS) is 9.77. The first-order valence-corrected chi connectivity index (χ1v) is 4.53. The molecule has 0 saturated heterocycles. The molecule has 1 aromatic rings. The zero-order valence-corrected chi connectivity index (χ0v) is 8.83.